The number of halogens is 3. The lowest BCUT2D eigenvalue weighted by molar-refractivity contribution is -0.118. The molecule has 0 spiro atoms. The van der Waals surface area contributed by atoms with Crippen molar-refractivity contribution < 1.29 is 9.53 Å². The maximum Gasteiger partial charge on any atom is 0.262 e. The fourth-order valence-corrected chi connectivity index (χ4v) is 2.34. The lowest BCUT2D eigenvalue weighted by atomic mass is 10.2. The minimum Gasteiger partial charge on any atom is -0.484 e. The lowest BCUT2D eigenvalue weighted by Crippen LogP contribution is -2.20. The number of nitrogens with one attached hydrogen (secondary N) is 1. The van der Waals surface area contributed by atoms with Crippen molar-refractivity contribution in [2.24, 2.45) is 0 Å². The summed E-state index contributed by atoms with van der Waals surface area (Å²) in [4.78, 5) is 11.8. The van der Waals surface area contributed by atoms with Crippen molar-refractivity contribution in [2.75, 3.05) is 11.9 Å². The van der Waals surface area contributed by atoms with Crippen LogP contribution in [0.5, 0.6) is 5.75 Å². The molecule has 6 heteroatoms. The molecule has 0 atom stereocenters. The first kappa shape index (κ1) is 16.1. The summed E-state index contributed by atoms with van der Waals surface area (Å²) in [7, 11) is 0. The smallest absolute Gasteiger partial charge is 0.262 e. The van der Waals surface area contributed by atoms with Gasteiger partial charge in [-0.25, -0.2) is 0 Å². The molecule has 2 rings (SSSR count). The fourth-order valence-electron chi connectivity index (χ4n) is 1.63. The van der Waals surface area contributed by atoms with Gasteiger partial charge in [-0.3, -0.25) is 4.79 Å². The van der Waals surface area contributed by atoms with E-state index in [1.54, 1.807) is 24.3 Å². The second-order valence-corrected chi connectivity index (χ2v) is 6.07. The molecule has 3 nitrogen and oxygen atoms in total. The van der Waals surface area contributed by atoms with Crippen molar-refractivity contribution in [3.05, 3.63) is 56.5 Å². The number of ether oxygens (including phenoxy) is 1. The summed E-state index contributed by atoms with van der Waals surface area (Å²) in [6.07, 6.45) is 0. The van der Waals surface area contributed by atoms with Crippen LogP contribution in [0.3, 0.4) is 0 Å². The summed E-state index contributed by atoms with van der Waals surface area (Å²) in [5, 5.41) is 3.57. The van der Waals surface area contributed by atoms with Gasteiger partial charge in [0.15, 0.2) is 6.61 Å². The Morgan fingerprint density at radius 1 is 1.24 bits per heavy atom. The standard InChI is InChI=1S/C15H12BrCl2NO2/c1-9-6-11(3-4-12(9)16)21-8-15(20)19-14-5-2-10(17)7-13(14)18/h2-7H,8H2,1H3,(H,19,20). The average Bonchev–Trinajstić information content (AvgIpc) is 2.43. The van der Waals surface area contributed by atoms with Gasteiger partial charge in [0.25, 0.3) is 5.91 Å². The van der Waals surface area contributed by atoms with Crippen molar-refractivity contribution in [1.82, 2.24) is 0 Å². The normalized spacial score (nSPS) is 10.3. The molecule has 0 aliphatic rings. The maximum absolute atomic E-state index is 11.8. The van der Waals surface area contributed by atoms with Gasteiger partial charge < -0.3 is 10.1 Å². The van der Waals surface area contributed by atoms with Gasteiger partial charge in [-0.15, -0.1) is 0 Å². The van der Waals surface area contributed by atoms with E-state index in [4.69, 9.17) is 27.9 Å². The third-order valence-electron chi connectivity index (χ3n) is 2.70. The Bertz CT molecular complexity index is 677. The monoisotopic (exact) mass is 387 g/mol. The number of benzene rings is 2. The van der Waals surface area contributed by atoms with Gasteiger partial charge in [0.05, 0.1) is 10.7 Å². The van der Waals surface area contributed by atoms with Crippen LogP contribution in [-0.4, -0.2) is 12.5 Å². The van der Waals surface area contributed by atoms with Crippen LogP contribution in [0.4, 0.5) is 5.69 Å². The minimum atomic E-state index is -0.292. The number of hydrogen-bond donors (Lipinski definition) is 1. The Balaban J connectivity index is 1.94. The highest BCUT2D eigenvalue weighted by Gasteiger charge is 2.07. The number of hydrogen-bond acceptors (Lipinski definition) is 2. The van der Waals surface area contributed by atoms with Crippen LogP contribution in [0.1, 0.15) is 5.56 Å². The van der Waals surface area contributed by atoms with E-state index in [-0.39, 0.29) is 12.5 Å². The van der Waals surface area contributed by atoms with E-state index < -0.39 is 0 Å². The first-order valence-corrected chi connectivity index (χ1v) is 7.64. The van der Waals surface area contributed by atoms with Crippen molar-refractivity contribution in [2.45, 2.75) is 6.92 Å². The fraction of sp³-hybridized carbons (Fsp3) is 0.133. The van der Waals surface area contributed by atoms with Crippen LogP contribution in [0.15, 0.2) is 40.9 Å². The largest absolute Gasteiger partial charge is 0.484 e. The molecule has 0 saturated heterocycles. The van der Waals surface area contributed by atoms with Gasteiger partial charge in [0, 0.05) is 9.50 Å². The molecule has 1 N–H and O–H groups in total. The number of anilines is 1. The molecule has 110 valence electrons. The number of aryl methyl sites for hydroxylation is 1. The lowest BCUT2D eigenvalue weighted by Gasteiger charge is -2.10. The Labute approximate surface area is 141 Å². The molecular weight excluding hydrogens is 377 g/mol. The Morgan fingerprint density at radius 3 is 2.67 bits per heavy atom. The minimum absolute atomic E-state index is 0.0972. The Morgan fingerprint density at radius 2 is 2.00 bits per heavy atom. The Kier molecular flexibility index (Phi) is 5.51. The van der Waals surface area contributed by atoms with E-state index in [2.05, 4.69) is 21.2 Å². The molecule has 2 aromatic rings. The zero-order valence-electron chi connectivity index (χ0n) is 11.1. The second kappa shape index (κ2) is 7.16. The van der Waals surface area contributed by atoms with Gasteiger partial charge in [-0.05, 0) is 48.9 Å². The zero-order valence-corrected chi connectivity index (χ0v) is 14.2. The van der Waals surface area contributed by atoms with Crippen LogP contribution in [0.25, 0.3) is 0 Å². The topological polar surface area (TPSA) is 38.3 Å². The predicted octanol–water partition coefficient (Wildman–Crippen LogP) is 5.08. The molecule has 0 saturated carbocycles. The molecule has 1 amide bonds. The van der Waals surface area contributed by atoms with E-state index in [0.717, 1.165) is 10.0 Å². The maximum atomic E-state index is 11.8. The summed E-state index contributed by atoms with van der Waals surface area (Å²) in [6.45, 7) is 1.85. The molecule has 0 heterocycles. The molecule has 0 aromatic heterocycles. The summed E-state index contributed by atoms with van der Waals surface area (Å²) >= 11 is 15.2. The van der Waals surface area contributed by atoms with Crippen molar-refractivity contribution in [3.8, 4) is 5.75 Å². The number of carbonyl (C=O) groups is 1. The molecule has 0 radical (unpaired) electrons. The number of carbonyl (C=O) groups excluding carboxylic acids is 1. The van der Waals surface area contributed by atoms with Gasteiger partial charge >= 0.3 is 0 Å². The van der Waals surface area contributed by atoms with E-state index in [1.165, 1.54) is 0 Å². The molecule has 2 aromatic carbocycles. The molecule has 0 aliphatic carbocycles. The molecule has 0 unspecified atom stereocenters. The highest BCUT2D eigenvalue weighted by atomic mass is 79.9. The van der Waals surface area contributed by atoms with Crippen molar-refractivity contribution >= 4 is 50.7 Å². The quantitative estimate of drug-likeness (QED) is 0.792. The number of rotatable bonds is 4. The third-order valence-corrected chi connectivity index (χ3v) is 4.14. The van der Waals surface area contributed by atoms with Gasteiger partial charge in [-0.2, -0.15) is 0 Å². The van der Waals surface area contributed by atoms with E-state index in [9.17, 15) is 4.79 Å². The van der Waals surface area contributed by atoms with Gasteiger partial charge in [0.1, 0.15) is 5.75 Å². The molecular formula is C15H12BrCl2NO2. The molecule has 0 fully saturated rings. The van der Waals surface area contributed by atoms with Crippen LogP contribution in [-0.2, 0) is 4.79 Å². The summed E-state index contributed by atoms with van der Waals surface area (Å²) in [6, 6.07) is 10.4. The Hall–Kier alpha value is -1.23. The number of amides is 1. The van der Waals surface area contributed by atoms with Crippen molar-refractivity contribution in [3.63, 3.8) is 0 Å². The second-order valence-electron chi connectivity index (χ2n) is 4.37. The van der Waals surface area contributed by atoms with Gasteiger partial charge in [0.2, 0.25) is 0 Å². The summed E-state index contributed by atoms with van der Waals surface area (Å²) < 4.78 is 6.43. The highest BCUT2D eigenvalue weighted by molar-refractivity contribution is 9.10. The van der Waals surface area contributed by atoms with Crippen LogP contribution >= 0.6 is 39.1 Å². The van der Waals surface area contributed by atoms with Crippen LogP contribution in [0, 0.1) is 6.92 Å². The summed E-state index contributed by atoms with van der Waals surface area (Å²) in [5.74, 6) is 0.341. The van der Waals surface area contributed by atoms with E-state index in [1.807, 2.05) is 19.1 Å². The zero-order chi connectivity index (χ0) is 15.4. The van der Waals surface area contributed by atoms with Crippen molar-refractivity contribution in [1.29, 1.82) is 0 Å². The van der Waals surface area contributed by atoms with E-state index in [0.29, 0.717) is 21.5 Å². The molecule has 21 heavy (non-hydrogen) atoms. The predicted molar refractivity (Wildman–Crippen MR) is 89.5 cm³/mol. The molecule has 0 aliphatic heterocycles. The SMILES string of the molecule is Cc1cc(OCC(=O)Nc2ccc(Cl)cc2Cl)ccc1Br. The van der Waals surface area contributed by atoms with Gasteiger partial charge in [-0.1, -0.05) is 39.1 Å². The highest BCUT2D eigenvalue weighted by Crippen LogP contribution is 2.25. The first-order chi connectivity index (χ1) is 9.95. The summed E-state index contributed by atoms with van der Waals surface area (Å²) in [5.41, 5.74) is 1.54. The molecule has 0 bridgehead atoms. The van der Waals surface area contributed by atoms with Crippen LogP contribution < -0.4 is 10.1 Å². The van der Waals surface area contributed by atoms with Crippen LogP contribution in [0.2, 0.25) is 10.0 Å². The third kappa shape index (κ3) is 4.63. The van der Waals surface area contributed by atoms with E-state index >= 15 is 0 Å². The average molecular weight is 389 g/mol. The first-order valence-electron chi connectivity index (χ1n) is 6.09.